The molecule has 1 aromatic rings. The highest BCUT2D eigenvalue weighted by molar-refractivity contribution is 6.04. The Balaban J connectivity index is 2.28. The van der Waals surface area contributed by atoms with Crippen LogP contribution in [-0.2, 0) is 9.59 Å². The number of hydrogen-bond acceptors (Lipinski definition) is 3. The molecule has 78 valence electrons. The van der Waals surface area contributed by atoms with E-state index in [-0.39, 0.29) is 24.9 Å². The third-order valence-corrected chi connectivity index (χ3v) is 2.22. The summed E-state index contributed by atoms with van der Waals surface area (Å²) < 4.78 is 0. The van der Waals surface area contributed by atoms with Gasteiger partial charge in [0, 0.05) is 11.4 Å². The normalized spacial score (nSPS) is 16.4. The van der Waals surface area contributed by atoms with Crippen molar-refractivity contribution in [1.29, 1.82) is 0 Å². The molecule has 0 bridgehead atoms. The first kappa shape index (κ1) is 9.51. The van der Waals surface area contributed by atoms with Gasteiger partial charge >= 0.3 is 0 Å². The number of piperazine rings is 1. The van der Waals surface area contributed by atoms with Gasteiger partial charge in [0.15, 0.2) is 0 Å². The molecule has 0 radical (unpaired) electrons. The van der Waals surface area contributed by atoms with E-state index in [0.717, 1.165) is 0 Å². The molecule has 5 nitrogen and oxygen atoms in total. The minimum atomic E-state index is -0.156. The Kier molecular flexibility index (Phi) is 2.29. The van der Waals surface area contributed by atoms with E-state index in [4.69, 9.17) is 5.73 Å². The molecule has 1 saturated heterocycles. The van der Waals surface area contributed by atoms with E-state index >= 15 is 0 Å². The highest BCUT2D eigenvalue weighted by atomic mass is 16.2. The van der Waals surface area contributed by atoms with Crippen molar-refractivity contribution in [2.45, 2.75) is 0 Å². The van der Waals surface area contributed by atoms with Crippen LogP contribution in [0.25, 0.3) is 0 Å². The van der Waals surface area contributed by atoms with E-state index in [2.05, 4.69) is 5.32 Å². The second-order valence-corrected chi connectivity index (χ2v) is 3.35. The monoisotopic (exact) mass is 205 g/mol. The van der Waals surface area contributed by atoms with Crippen LogP contribution in [0.1, 0.15) is 0 Å². The topological polar surface area (TPSA) is 75.4 Å². The molecule has 2 rings (SSSR count). The number of carbonyl (C=O) groups excluding carboxylic acids is 2. The van der Waals surface area contributed by atoms with Gasteiger partial charge in [0.25, 0.3) is 0 Å². The molecule has 1 aliphatic heterocycles. The third kappa shape index (κ3) is 1.90. The molecule has 3 N–H and O–H groups in total. The number of rotatable bonds is 1. The summed E-state index contributed by atoms with van der Waals surface area (Å²) in [6, 6.07) is 6.92. The first-order valence-corrected chi connectivity index (χ1v) is 4.59. The van der Waals surface area contributed by atoms with Gasteiger partial charge in [-0.1, -0.05) is 6.07 Å². The van der Waals surface area contributed by atoms with Gasteiger partial charge in [-0.15, -0.1) is 0 Å². The molecule has 0 aromatic heterocycles. The van der Waals surface area contributed by atoms with Gasteiger partial charge in [-0.05, 0) is 18.2 Å². The van der Waals surface area contributed by atoms with Gasteiger partial charge in [-0.2, -0.15) is 0 Å². The van der Waals surface area contributed by atoms with Gasteiger partial charge in [-0.3, -0.25) is 9.59 Å². The van der Waals surface area contributed by atoms with Gasteiger partial charge in [0.2, 0.25) is 11.8 Å². The van der Waals surface area contributed by atoms with Crippen molar-refractivity contribution >= 4 is 23.2 Å². The van der Waals surface area contributed by atoms with E-state index in [1.807, 2.05) is 0 Å². The fourth-order valence-electron chi connectivity index (χ4n) is 1.49. The number of anilines is 2. The number of nitrogen functional groups attached to an aromatic ring is 1. The summed E-state index contributed by atoms with van der Waals surface area (Å²) in [4.78, 5) is 24.1. The molecule has 0 aliphatic carbocycles. The summed E-state index contributed by atoms with van der Waals surface area (Å²) in [6.45, 7) is 0.107. The first-order chi connectivity index (χ1) is 7.16. The van der Waals surface area contributed by atoms with E-state index in [1.54, 1.807) is 24.3 Å². The zero-order valence-electron chi connectivity index (χ0n) is 8.06. The zero-order valence-corrected chi connectivity index (χ0v) is 8.06. The molecule has 1 heterocycles. The standard InChI is InChI=1S/C10H11N3O2/c11-7-2-1-3-8(4-7)13-6-9(14)12-5-10(13)15/h1-4H,5-6,11H2,(H,12,14). The molecule has 0 spiro atoms. The average Bonchev–Trinajstić information content (AvgIpc) is 2.22. The fourth-order valence-corrected chi connectivity index (χ4v) is 1.49. The Morgan fingerprint density at radius 2 is 2.13 bits per heavy atom. The number of benzene rings is 1. The van der Waals surface area contributed by atoms with Crippen LogP contribution in [0.4, 0.5) is 11.4 Å². The molecule has 0 atom stereocenters. The second kappa shape index (κ2) is 3.61. The Hall–Kier alpha value is -2.04. The first-order valence-electron chi connectivity index (χ1n) is 4.59. The molecule has 1 fully saturated rings. The number of amides is 2. The fraction of sp³-hybridized carbons (Fsp3) is 0.200. The van der Waals surface area contributed by atoms with Crippen LogP contribution in [0.3, 0.4) is 0 Å². The molecule has 0 saturated carbocycles. The van der Waals surface area contributed by atoms with E-state index in [9.17, 15) is 9.59 Å². The van der Waals surface area contributed by atoms with Crippen LogP contribution in [0.2, 0.25) is 0 Å². The van der Waals surface area contributed by atoms with Crippen molar-refractivity contribution in [2.24, 2.45) is 0 Å². The Morgan fingerprint density at radius 1 is 1.33 bits per heavy atom. The second-order valence-electron chi connectivity index (χ2n) is 3.35. The lowest BCUT2D eigenvalue weighted by Crippen LogP contribution is -2.51. The number of hydrogen-bond donors (Lipinski definition) is 2. The predicted octanol–water partition coefficient (Wildman–Crippen LogP) is -0.268. The average molecular weight is 205 g/mol. The summed E-state index contributed by atoms with van der Waals surface area (Å²) in [5, 5.41) is 2.48. The minimum Gasteiger partial charge on any atom is -0.399 e. The maximum atomic E-state index is 11.5. The lowest BCUT2D eigenvalue weighted by Gasteiger charge is -2.26. The van der Waals surface area contributed by atoms with Gasteiger partial charge < -0.3 is 16.0 Å². The van der Waals surface area contributed by atoms with Crippen molar-refractivity contribution in [3.05, 3.63) is 24.3 Å². The maximum Gasteiger partial charge on any atom is 0.246 e. The van der Waals surface area contributed by atoms with Crippen LogP contribution in [0.15, 0.2) is 24.3 Å². The number of nitrogens with two attached hydrogens (primary N) is 1. The molecular formula is C10H11N3O2. The smallest absolute Gasteiger partial charge is 0.246 e. The van der Waals surface area contributed by atoms with Crippen LogP contribution in [0.5, 0.6) is 0 Å². The van der Waals surface area contributed by atoms with Crippen molar-refractivity contribution in [3.63, 3.8) is 0 Å². The molecule has 1 aromatic carbocycles. The van der Waals surface area contributed by atoms with E-state index < -0.39 is 0 Å². The maximum absolute atomic E-state index is 11.5. The SMILES string of the molecule is Nc1cccc(N2CC(=O)NCC2=O)c1. The van der Waals surface area contributed by atoms with Crippen LogP contribution in [0, 0.1) is 0 Å². The number of nitrogens with zero attached hydrogens (tertiary/aromatic N) is 1. The highest BCUT2D eigenvalue weighted by Gasteiger charge is 2.24. The predicted molar refractivity (Wildman–Crippen MR) is 56.2 cm³/mol. The van der Waals surface area contributed by atoms with Crippen molar-refractivity contribution < 1.29 is 9.59 Å². The van der Waals surface area contributed by atoms with Crippen molar-refractivity contribution in [3.8, 4) is 0 Å². The minimum absolute atomic E-state index is 0.0492. The molecule has 5 heteroatoms. The summed E-state index contributed by atoms with van der Waals surface area (Å²) in [7, 11) is 0. The van der Waals surface area contributed by atoms with Crippen molar-refractivity contribution in [2.75, 3.05) is 23.7 Å². The third-order valence-electron chi connectivity index (χ3n) is 2.22. The summed E-state index contributed by atoms with van der Waals surface area (Å²) in [5.41, 5.74) is 6.84. The number of nitrogens with one attached hydrogen (secondary N) is 1. The molecule has 0 unspecified atom stereocenters. The lowest BCUT2D eigenvalue weighted by molar-refractivity contribution is -0.128. The number of carbonyl (C=O) groups is 2. The summed E-state index contributed by atoms with van der Waals surface area (Å²) in [5.74, 6) is -0.280. The summed E-state index contributed by atoms with van der Waals surface area (Å²) in [6.07, 6.45) is 0. The lowest BCUT2D eigenvalue weighted by atomic mass is 10.2. The largest absolute Gasteiger partial charge is 0.399 e. The Bertz CT molecular complexity index is 417. The van der Waals surface area contributed by atoms with Gasteiger partial charge in [0.1, 0.15) is 6.54 Å². The van der Waals surface area contributed by atoms with Crippen LogP contribution < -0.4 is 16.0 Å². The highest BCUT2D eigenvalue weighted by Crippen LogP contribution is 2.18. The van der Waals surface area contributed by atoms with E-state index in [0.29, 0.717) is 11.4 Å². The molecular weight excluding hydrogens is 194 g/mol. The Morgan fingerprint density at radius 3 is 2.87 bits per heavy atom. The molecule has 15 heavy (non-hydrogen) atoms. The Labute approximate surface area is 86.9 Å². The van der Waals surface area contributed by atoms with E-state index in [1.165, 1.54) is 4.90 Å². The van der Waals surface area contributed by atoms with Crippen molar-refractivity contribution in [1.82, 2.24) is 5.32 Å². The van der Waals surface area contributed by atoms with Crippen LogP contribution in [-0.4, -0.2) is 24.9 Å². The molecule has 2 amide bonds. The zero-order chi connectivity index (χ0) is 10.8. The van der Waals surface area contributed by atoms with Gasteiger partial charge in [0.05, 0.1) is 6.54 Å². The quantitative estimate of drug-likeness (QED) is 0.620. The summed E-state index contributed by atoms with van der Waals surface area (Å²) >= 11 is 0. The van der Waals surface area contributed by atoms with Crippen LogP contribution >= 0.6 is 0 Å². The van der Waals surface area contributed by atoms with Gasteiger partial charge in [-0.25, -0.2) is 0 Å². The molecule has 1 aliphatic rings.